The van der Waals surface area contributed by atoms with Crippen molar-refractivity contribution in [3.05, 3.63) is 28.5 Å². The number of nitrogens with one attached hydrogen (secondary N) is 1. The molecule has 1 aromatic rings. The molecule has 0 amide bonds. The van der Waals surface area contributed by atoms with Gasteiger partial charge in [-0.05, 0) is 41.0 Å². The fraction of sp³-hybridized carbons (Fsp3) is 0.333. The zero-order valence-electron chi connectivity index (χ0n) is 8.41. The van der Waals surface area contributed by atoms with Gasteiger partial charge < -0.3 is 5.73 Å². The summed E-state index contributed by atoms with van der Waals surface area (Å²) in [6, 6.07) is 4.11. The van der Waals surface area contributed by atoms with Crippen LogP contribution in [0, 0.1) is 5.82 Å². The van der Waals surface area contributed by atoms with Crippen LogP contribution in [0.25, 0.3) is 0 Å². The van der Waals surface area contributed by atoms with Crippen LogP contribution in [0.4, 0.5) is 4.39 Å². The van der Waals surface area contributed by atoms with Crippen LogP contribution in [0.1, 0.15) is 6.42 Å². The van der Waals surface area contributed by atoms with Crippen molar-refractivity contribution in [2.45, 2.75) is 11.3 Å². The third kappa shape index (κ3) is 3.24. The van der Waals surface area contributed by atoms with Crippen molar-refractivity contribution in [3.8, 4) is 0 Å². The fourth-order valence-electron chi connectivity index (χ4n) is 1.08. The molecule has 0 aromatic heterocycles. The van der Waals surface area contributed by atoms with E-state index in [1.807, 2.05) is 0 Å². The summed E-state index contributed by atoms with van der Waals surface area (Å²) in [5, 5.41) is 0. The van der Waals surface area contributed by atoms with E-state index in [4.69, 9.17) is 5.73 Å². The van der Waals surface area contributed by atoms with Gasteiger partial charge in [0.15, 0.2) is 5.82 Å². The Morgan fingerprint density at radius 3 is 2.75 bits per heavy atom. The maximum Gasteiger partial charge on any atom is 0.243 e. The van der Waals surface area contributed by atoms with Crippen LogP contribution in [0.3, 0.4) is 0 Å². The molecule has 7 heteroatoms. The van der Waals surface area contributed by atoms with E-state index in [0.29, 0.717) is 13.0 Å². The van der Waals surface area contributed by atoms with Gasteiger partial charge >= 0.3 is 0 Å². The summed E-state index contributed by atoms with van der Waals surface area (Å²) in [5.41, 5.74) is 5.23. The average molecular weight is 311 g/mol. The van der Waals surface area contributed by atoms with Crippen LogP contribution in [0.5, 0.6) is 0 Å². The number of hydrogen-bond donors (Lipinski definition) is 2. The van der Waals surface area contributed by atoms with E-state index in [-0.39, 0.29) is 15.9 Å². The highest BCUT2D eigenvalue weighted by Gasteiger charge is 2.19. The number of hydrogen-bond acceptors (Lipinski definition) is 3. The van der Waals surface area contributed by atoms with Crippen LogP contribution in [-0.4, -0.2) is 21.5 Å². The molecule has 0 bridgehead atoms. The number of nitrogens with two attached hydrogens (primary N) is 1. The smallest absolute Gasteiger partial charge is 0.243 e. The number of halogens is 2. The Kier molecular flexibility index (Phi) is 4.85. The van der Waals surface area contributed by atoms with E-state index in [9.17, 15) is 12.8 Å². The van der Waals surface area contributed by atoms with Gasteiger partial charge in [0.1, 0.15) is 4.90 Å². The van der Waals surface area contributed by atoms with Gasteiger partial charge in [0.25, 0.3) is 0 Å². The summed E-state index contributed by atoms with van der Waals surface area (Å²) in [4.78, 5) is -0.362. The van der Waals surface area contributed by atoms with Gasteiger partial charge in [-0.3, -0.25) is 0 Å². The van der Waals surface area contributed by atoms with E-state index in [1.165, 1.54) is 18.2 Å². The maximum absolute atomic E-state index is 13.5. The van der Waals surface area contributed by atoms with E-state index in [0.717, 1.165) is 0 Å². The molecule has 0 fully saturated rings. The lowest BCUT2D eigenvalue weighted by Gasteiger charge is -2.07. The molecule has 0 aliphatic carbocycles. The van der Waals surface area contributed by atoms with E-state index >= 15 is 0 Å². The minimum atomic E-state index is -3.80. The minimum Gasteiger partial charge on any atom is -0.330 e. The average Bonchev–Trinajstić information content (AvgIpc) is 2.22. The Morgan fingerprint density at radius 1 is 1.44 bits per heavy atom. The molecule has 0 saturated heterocycles. The van der Waals surface area contributed by atoms with Gasteiger partial charge in [-0.2, -0.15) is 0 Å². The first-order valence-corrected chi connectivity index (χ1v) is 6.90. The highest BCUT2D eigenvalue weighted by molar-refractivity contribution is 9.10. The molecule has 0 spiro atoms. The second-order valence-corrected chi connectivity index (χ2v) is 5.68. The topological polar surface area (TPSA) is 72.2 Å². The Labute approximate surface area is 102 Å². The van der Waals surface area contributed by atoms with Crippen LogP contribution < -0.4 is 10.5 Å². The molecular weight excluding hydrogens is 299 g/mol. The summed E-state index contributed by atoms with van der Waals surface area (Å²) in [7, 11) is -3.80. The second-order valence-electron chi connectivity index (χ2n) is 3.09. The monoisotopic (exact) mass is 310 g/mol. The Hall–Kier alpha value is -0.500. The van der Waals surface area contributed by atoms with Crippen LogP contribution in [0.15, 0.2) is 27.6 Å². The van der Waals surface area contributed by atoms with Crippen molar-refractivity contribution in [1.29, 1.82) is 0 Å². The molecule has 0 unspecified atom stereocenters. The van der Waals surface area contributed by atoms with Gasteiger partial charge in [-0.1, -0.05) is 6.07 Å². The minimum absolute atomic E-state index is 0.120. The quantitative estimate of drug-likeness (QED) is 0.803. The first kappa shape index (κ1) is 13.6. The second kappa shape index (κ2) is 5.72. The summed E-state index contributed by atoms with van der Waals surface area (Å²) >= 11 is 2.93. The van der Waals surface area contributed by atoms with Crippen LogP contribution in [0.2, 0.25) is 0 Å². The lowest BCUT2D eigenvalue weighted by Crippen LogP contribution is -2.27. The molecular formula is C9H12BrFN2O2S. The molecule has 90 valence electrons. The van der Waals surface area contributed by atoms with E-state index in [2.05, 4.69) is 20.7 Å². The SMILES string of the molecule is NCCCNS(=O)(=O)c1cccc(Br)c1F. The molecule has 0 saturated carbocycles. The number of rotatable bonds is 5. The molecule has 0 atom stereocenters. The zero-order valence-corrected chi connectivity index (χ0v) is 10.8. The van der Waals surface area contributed by atoms with Gasteiger partial charge in [0.2, 0.25) is 10.0 Å². The van der Waals surface area contributed by atoms with Gasteiger partial charge in [0, 0.05) is 6.54 Å². The number of sulfonamides is 1. The molecule has 0 heterocycles. The van der Waals surface area contributed by atoms with Crippen molar-refractivity contribution in [3.63, 3.8) is 0 Å². The third-order valence-corrected chi connectivity index (χ3v) is 3.97. The lowest BCUT2D eigenvalue weighted by atomic mass is 10.3. The van der Waals surface area contributed by atoms with Crippen molar-refractivity contribution in [1.82, 2.24) is 4.72 Å². The molecule has 0 aliphatic heterocycles. The molecule has 16 heavy (non-hydrogen) atoms. The Bertz CT molecular complexity index is 465. The first-order valence-electron chi connectivity index (χ1n) is 4.63. The zero-order chi connectivity index (χ0) is 12.2. The largest absolute Gasteiger partial charge is 0.330 e. The van der Waals surface area contributed by atoms with Crippen molar-refractivity contribution in [2.24, 2.45) is 5.73 Å². The summed E-state index contributed by atoms with van der Waals surface area (Å²) in [6.45, 7) is 0.578. The third-order valence-electron chi connectivity index (χ3n) is 1.88. The highest BCUT2D eigenvalue weighted by atomic mass is 79.9. The predicted molar refractivity (Wildman–Crippen MR) is 63.0 cm³/mol. The first-order chi connectivity index (χ1) is 7.49. The lowest BCUT2D eigenvalue weighted by molar-refractivity contribution is 0.553. The summed E-state index contributed by atoms with van der Waals surface area (Å²) in [5.74, 6) is -0.789. The van der Waals surface area contributed by atoms with Crippen LogP contribution >= 0.6 is 15.9 Å². The molecule has 4 nitrogen and oxygen atoms in total. The van der Waals surface area contributed by atoms with Gasteiger partial charge in [-0.15, -0.1) is 0 Å². The van der Waals surface area contributed by atoms with E-state index in [1.54, 1.807) is 0 Å². The molecule has 0 aliphatic rings. The van der Waals surface area contributed by atoms with Gasteiger partial charge in [-0.25, -0.2) is 17.5 Å². The standard InChI is InChI=1S/C9H12BrFN2O2S/c10-7-3-1-4-8(9(7)11)16(14,15)13-6-2-5-12/h1,3-4,13H,2,5-6,12H2. The molecule has 1 aromatic carbocycles. The van der Waals surface area contributed by atoms with E-state index < -0.39 is 15.8 Å². The Morgan fingerprint density at radius 2 is 2.12 bits per heavy atom. The van der Waals surface area contributed by atoms with Crippen molar-refractivity contribution >= 4 is 26.0 Å². The van der Waals surface area contributed by atoms with Gasteiger partial charge in [0.05, 0.1) is 4.47 Å². The molecule has 1 rings (SSSR count). The maximum atomic E-state index is 13.5. The van der Waals surface area contributed by atoms with Crippen LogP contribution in [-0.2, 0) is 10.0 Å². The van der Waals surface area contributed by atoms with Crippen molar-refractivity contribution < 1.29 is 12.8 Å². The predicted octanol–water partition coefficient (Wildman–Crippen LogP) is 1.22. The molecule has 3 N–H and O–H groups in total. The Balaban J connectivity index is 2.94. The number of benzene rings is 1. The summed E-state index contributed by atoms with van der Waals surface area (Å²) < 4.78 is 39.2. The van der Waals surface area contributed by atoms with Crippen molar-refractivity contribution in [2.75, 3.05) is 13.1 Å². The molecule has 0 radical (unpaired) electrons. The fourth-order valence-corrected chi connectivity index (χ4v) is 2.75. The summed E-state index contributed by atoms with van der Waals surface area (Å²) in [6.07, 6.45) is 0.509. The highest BCUT2D eigenvalue weighted by Crippen LogP contribution is 2.21. The normalized spacial score (nSPS) is 11.7.